The van der Waals surface area contributed by atoms with Gasteiger partial charge < -0.3 is 5.11 Å². The molecule has 0 aliphatic rings. The summed E-state index contributed by atoms with van der Waals surface area (Å²) in [6.45, 7) is 11.7. The van der Waals surface area contributed by atoms with Crippen molar-refractivity contribution in [2.45, 2.75) is 58.4 Å². The van der Waals surface area contributed by atoms with Crippen LogP contribution in [0.2, 0.25) is 0 Å². The predicted molar refractivity (Wildman–Crippen MR) is 85.8 cm³/mol. The van der Waals surface area contributed by atoms with Crippen molar-refractivity contribution in [1.29, 1.82) is 0 Å². The van der Waals surface area contributed by atoms with Gasteiger partial charge in [0.15, 0.2) is 0 Å². The summed E-state index contributed by atoms with van der Waals surface area (Å²) in [5.74, 6) is 0.0887. The molecule has 0 amide bonds. The molecule has 3 atom stereocenters. The average Bonchev–Trinajstić information content (AvgIpc) is 2.34. The number of benzene rings is 1. The maximum absolute atomic E-state index is 12.3. The van der Waals surface area contributed by atoms with Crippen LogP contribution in [-0.2, 0) is 11.0 Å². The first kappa shape index (κ1) is 17.3. The molecule has 0 saturated carbocycles. The first-order chi connectivity index (χ1) is 9.12. The van der Waals surface area contributed by atoms with Gasteiger partial charge in [0.25, 0.3) is 0 Å². The normalized spacial score (nSPS) is 17.0. The summed E-state index contributed by atoms with van der Waals surface area (Å²) in [7, 11) is -1.22. The van der Waals surface area contributed by atoms with Gasteiger partial charge in [0, 0.05) is 0 Å². The molecule has 2 N–H and O–H groups in total. The third-order valence-electron chi connectivity index (χ3n) is 3.25. The van der Waals surface area contributed by atoms with Crippen LogP contribution < -0.4 is 4.72 Å². The molecular formula is C16H27NO2S. The van der Waals surface area contributed by atoms with E-state index in [1.807, 2.05) is 65.8 Å². The Kier molecular flexibility index (Phi) is 5.92. The van der Waals surface area contributed by atoms with Crippen molar-refractivity contribution in [2.75, 3.05) is 0 Å². The maximum atomic E-state index is 12.3. The number of rotatable bonds is 5. The Balaban J connectivity index is 3.03. The smallest absolute Gasteiger partial charge is 0.0976 e. The van der Waals surface area contributed by atoms with Crippen molar-refractivity contribution in [3.8, 4) is 0 Å². The number of aliphatic hydroxyl groups excluding tert-OH is 1. The van der Waals surface area contributed by atoms with Crippen molar-refractivity contribution < 1.29 is 9.32 Å². The third kappa shape index (κ3) is 4.69. The zero-order chi connectivity index (χ0) is 15.5. The van der Waals surface area contributed by atoms with E-state index in [9.17, 15) is 9.32 Å². The topological polar surface area (TPSA) is 49.3 Å². The van der Waals surface area contributed by atoms with Crippen molar-refractivity contribution in [3.05, 3.63) is 35.4 Å². The van der Waals surface area contributed by atoms with Gasteiger partial charge >= 0.3 is 0 Å². The van der Waals surface area contributed by atoms with Crippen molar-refractivity contribution in [1.82, 2.24) is 4.72 Å². The quantitative estimate of drug-likeness (QED) is 0.877. The van der Waals surface area contributed by atoms with Crippen LogP contribution in [0.15, 0.2) is 24.3 Å². The number of hydrogen-bond acceptors (Lipinski definition) is 2. The van der Waals surface area contributed by atoms with Crippen molar-refractivity contribution in [2.24, 2.45) is 5.92 Å². The van der Waals surface area contributed by atoms with Gasteiger partial charge in [-0.3, -0.25) is 0 Å². The van der Waals surface area contributed by atoms with E-state index in [1.165, 1.54) is 5.56 Å². The molecule has 0 bridgehead atoms. The predicted octanol–water partition coefficient (Wildman–Crippen LogP) is 3.10. The number of nitrogens with one attached hydrogen (secondary N) is 1. The molecule has 0 fully saturated rings. The molecular weight excluding hydrogens is 270 g/mol. The fourth-order valence-electron chi connectivity index (χ4n) is 1.79. The van der Waals surface area contributed by atoms with E-state index in [4.69, 9.17) is 0 Å². The Morgan fingerprint density at radius 2 is 1.65 bits per heavy atom. The van der Waals surface area contributed by atoms with Gasteiger partial charge in [0.2, 0.25) is 0 Å². The lowest BCUT2D eigenvalue weighted by molar-refractivity contribution is 0.0922. The monoisotopic (exact) mass is 297 g/mol. The van der Waals surface area contributed by atoms with Gasteiger partial charge in [-0.15, -0.1) is 0 Å². The lowest BCUT2D eigenvalue weighted by Crippen LogP contribution is -2.41. The number of aliphatic hydroxyl groups is 1. The highest BCUT2D eigenvalue weighted by molar-refractivity contribution is 7.84. The van der Waals surface area contributed by atoms with E-state index in [1.54, 1.807) is 0 Å². The number of aryl methyl sites for hydroxylation is 1. The summed E-state index contributed by atoms with van der Waals surface area (Å²) in [6.07, 6.45) is -0.580. The Morgan fingerprint density at radius 1 is 1.15 bits per heavy atom. The van der Waals surface area contributed by atoms with Crippen LogP contribution in [-0.4, -0.2) is 20.2 Å². The molecule has 1 rings (SSSR count). The second kappa shape index (κ2) is 6.83. The summed E-state index contributed by atoms with van der Waals surface area (Å²) in [5, 5.41) is 10.4. The van der Waals surface area contributed by atoms with Crippen LogP contribution in [0.3, 0.4) is 0 Å². The van der Waals surface area contributed by atoms with Crippen molar-refractivity contribution >= 4 is 11.0 Å². The fraction of sp³-hybridized carbons (Fsp3) is 0.625. The minimum atomic E-state index is -1.22. The molecule has 4 heteroatoms. The van der Waals surface area contributed by atoms with Crippen LogP contribution in [0.25, 0.3) is 0 Å². The second-order valence-electron chi connectivity index (χ2n) is 6.62. The van der Waals surface area contributed by atoms with Gasteiger partial charge in [-0.25, -0.2) is 8.93 Å². The maximum Gasteiger partial charge on any atom is 0.0976 e. The Hall–Kier alpha value is -0.710. The van der Waals surface area contributed by atoms with Gasteiger partial charge in [-0.05, 0) is 39.2 Å². The van der Waals surface area contributed by atoms with E-state index in [2.05, 4.69) is 4.72 Å². The molecule has 0 saturated heterocycles. The highest BCUT2D eigenvalue weighted by Gasteiger charge is 2.29. The molecule has 1 aromatic carbocycles. The lowest BCUT2D eigenvalue weighted by atomic mass is 9.94. The Morgan fingerprint density at radius 3 is 2.05 bits per heavy atom. The minimum absolute atomic E-state index is 0.0887. The molecule has 20 heavy (non-hydrogen) atoms. The fourth-order valence-corrected chi connectivity index (χ4v) is 2.65. The molecule has 0 aliphatic heterocycles. The molecule has 0 radical (unpaired) electrons. The standard InChI is InChI=1S/C16H27NO2S/c1-11(2)15(18)14(17-20(19)16(4,5)6)13-9-7-12(3)8-10-13/h7-11,14-15,17-18H,1-6H3/t14-,15+,20+/m0/s1. The third-order valence-corrected chi connectivity index (χ3v) is 4.83. The van der Waals surface area contributed by atoms with Crippen LogP contribution in [0.4, 0.5) is 0 Å². The molecule has 0 aliphatic carbocycles. The summed E-state index contributed by atoms with van der Waals surface area (Å²) in [6, 6.07) is 7.67. The highest BCUT2D eigenvalue weighted by Crippen LogP contribution is 2.24. The van der Waals surface area contributed by atoms with Crippen LogP contribution in [0.5, 0.6) is 0 Å². The summed E-state index contributed by atoms with van der Waals surface area (Å²) in [5.41, 5.74) is 2.14. The van der Waals surface area contributed by atoms with Crippen LogP contribution in [0, 0.1) is 12.8 Å². The minimum Gasteiger partial charge on any atom is -0.391 e. The summed E-state index contributed by atoms with van der Waals surface area (Å²) in [4.78, 5) is 0. The van der Waals surface area contributed by atoms with Crippen molar-refractivity contribution in [3.63, 3.8) is 0 Å². The molecule has 114 valence electrons. The van der Waals surface area contributed by atoms with Gasteiger partial charge in [0.05, 0.1) is 27.9 Å². The van der Waals surface area contributed by atoms with E-state index >= 15 is 0 Å². The second-order valence-corrected chi connectivity index (χ2v) is 8.62. The van der Waals surface area contributed by atoms with Gasteiger partial charge in [-0.2, -0.15) is 0 Å². The van der Waals surface area contributed by atoms with Crippen LogP contribution >= 0.6 is 0 Å². The number of hydrogen-bond donors (Lipinski definition) is 2. The molecule has 0 heterocycles. The van der Waals surface area contributed by atoms with Gasteiger partial charge in [0.1, 0.15) is 0 Å². The van der Waals surface area contributed by atoms with E-state index < -0.39 is 17.1 Å². The van der Waals surface area contributed by atoms with Gasteiger partial charge in [-0.1, -0.05) is 43.7 Å². The van der Waals surface area contributed by atoms with E-state index in [-0.39, 0.29) is 16.7 Å². The first-order valence-corrected chi connectivity index (χ1v) is 8.20. The lowest BCUT2D eigenvalue weighted by Gasteiger charge is -2.30. The Labute approximate surface area is 125 Å². The zero-order valence-electron chi connectivity index (χ0n) is 13.3. The largest absolute Gasteiger partial charge is 0.391 e. The summed E-state index contributed by atoms with van der Waals surface area (Å²) < 4.78 is 15.1. The molecule has 1 aromatic rings. The van der Waals surface area contributed by atoms with E-state index in [0.29, 0.717) is 0 Å². The summed E-state index contributed by atoms with van der Waals surface area (Å²) >= 11 is 0. The average molecular weight is 297 g/mol. The molecule has 0 spiro atoms. The van der Waals surface area contributed by atoms with E-state index in [0.717, 1.165) is 5.56 Å². The zero-order valence-corrected chi connectivity index (χ0v) is 14.1. The highest BCUT2D eigenvalue weighted by atomic mass is 32.2. The first-order valence-electron chi connectivity index (χ1n) is 7.05. The SMILES string of the molecule is Cc1ccc([C@H](N[S@](=O)C(C)(C)C)[C@H](O)C(C)C)cc1. The Bertz CT molecular complexity index is 449. The molecule has 0 aromatic heterocycles. The van der Waals surface area contributed by atoms with Crippen LogP contribution in [0.1, 0.15) is 51.8 Å². The molecule has 3 nitrogen and oxygen atoms in total. The molecule has 0 unspecified atom stereocenters.